The molecule has 164 valence electrons. The summed E-state index contributed by atoms with van der Waals surface area (Å²) in [6, 6.07) is 25.8. The van der Waals surface area contributed by atoms with Crippen molar-refractivity contribution in [2.75, 3.05) is 0 Å². The molecule has 0 saturated carbocycles. The second-order valence-corrected chi connectivity index (χ2v) is 14.6. The third-order valence-corrected chi connectivity index (χ3v) is 12.2. The average Bonchev–Trinajstić information content (AvgIpc) is 3.41. The number of rotatable bonds is 10. The van der Waals surface area contributed by atoms with Crippen molar-refractivity contribution >= 4 is 64.1 Å². The minimum atomic E-state index is -0.155. The Bertz CT molecular complexity index is 1240. The molecule has 0 aliphatic heterocycles. The van der Waals surface area contributed by atoms with Gasteiger partial charge in [-0.1, -0.05) is 0 Å². The Labute approximate surface area is 208 Å². The van der Waals surface area contributed by atoms with E-state index >= 15 is 0 Å². The average molecular weight is 599 g/mol. The summed E-state index contributed by atoms with van der Waals surface area (Å²) in [4.78, 5) is 0. The molecule has 0 unspecified atom stereocenters. The van der Waals surface area contributed by atoms with Crippen LogP contribution in [0.5, 0.6) is 0 Å². The Morgan fingerprint density at radius 1 is 0.656 bits per heavy atom. The fourth-order valence-electron chi connectivity index (χ4n) is 4.68. The second kappa shape index (κ2) is 10.8. The first-order chi connectivity index (χ1) is 15.8. The van der Waals surface area contributed by atoms with Crippen molar-refractivity contribution in [3.05, 3.63) is 70.3 Å². The zero-order valence-electron chi connectivity index (χ0n) is 19.0. The van der Waals surface area contributed by atoms with Gasteiger partial charge in [-0.3, -0.25) is 0 Å². The van der Waals surface area contributed by atoms with E-state index in [0.29, 0.717) is 14.5 Å². The fourth-order valence-corrected chi connectivity index (χ4v) is 10.2. The summed E-state index contributed by atoms with van der Waals surface area (Å²) in [5.74, 6) is 0. The van der Waals surface area contributed by atoms with Crippen molar-refractivity contribution in [2.24, 2.45) is 0 Å². The summed E-state index contributed by atoms with van der Waals surface area (Å²) in [6.07, 6.45) is 12.7. The van der Waals surface area contributed by atoms with E-state index in [2.05, 4.69) is 73.7 Å². The first-order valence-electron chi connectivity index (χ1n) is 12.3. The van der Waals surface area contributed by atoms with Gasteiger partial charge < -0.3 is 0 Å². The third-order valence-electron chi connectivity index (χ3n) is 6.50. The van der Waals surface area contributed by atoms with Crippen LogP contribution in [-0.4, -0.2) is 34.9 Å². The molecule has 0 aliphatic carbocycles. The van der Waals surface area contributed by atoms with E-state index in [4.69, 9.17) is 0 Å². The zero-order valence-corrected chi connectivity index (χ0v) is 23.1. The molecule has 2 aromatic heterocycles. The van der Waals surface area contributed by atoms with Gasteiger partial charge in [-0.05, 0) is 0 Å². The van der Waals surface area contributed by atoms with E-state index in [1.54, 1.807) is 11.2 Å². The summed E-state index contributed by atoms with van der Waals surface area (Å²) in [5.41, 5.74) is 1.38. The van der Waals surface area contributed by atoms with Crippen LogP contribution in [0, 0.1) is 0 Å². The van der Waals surface area contributed by atoms with Crippen molar-refractivity contribution < 1.29 is 0 Å². The first-order valence-corrected chi connectivity index (χ1v) is 16.3. The van der Waals surface area contributed by atoms with Crippen molar-refractivity contribution in [2.45, 2.75) is 64.7 Å². The predicted molar refractivity (Wildman–Crippen MR) is 145 cm³/mol. The van der Waals surface area contributed by atoms with Crippen LogP contribution in [-0.2, 0) is 6.42 Å². The van der Waals surface area contributed by atoms with Gasteiger partial charge in [-0.15, -0.1) is 0 Å². The van der Waals surface area contributed by atoms with Crippen LogP contribution in [0.25, 0.3) is 39.2 Å². The van der Waals surface area contributed by atoms with E-state index < -0.39 is 0 Å². The molecular weight excluding hydrogens is 567 g/mol. The number of unbranched alkanes of at least 4 members (excludes halogenated alkanes) is 7. The maximum atomic E-state index is 2.54. The monoisotopic (exact) mass is 602 g/mol. The molecule has 32 heavy (non-hydrogen) atoms. The van der Waals surface area contributed by atoms with Gasteiger partial charge in [-0.25, -0.2) is 0 Å². The van der Waals surface area contributed by atoms with Gasteiger partial charge in [0.1, 0.15) is 0 Å². The fraction of sp³-hybridized carbons (Fsp3) is 0.333. The molecule has 5 aromatic rings. The molecule has 2 heteroatoms. The molecule has 2 heterocycles. The van der Waals surface area contributed by atoms with E-state index in [1.165, 1.54) is 89.3 Å². The van der Waals surface area contributed by atoms with E-state index in [-0.39, 0.29) is 20.4 Å². The molecule has 0 amide bonds. The SMILES string of the molecule is CCCCCCCCCCc1cc2cc3cc4cc(-c5ccccc5)[se]c4cc3cc2[te]1. The molecule has 0 radical (unpaired) electrons. The van der Waals surface area contributed by atoms with Crippen molar-refractivity contribution in [1.29, 1.82) is 0 Å². The standard InChI is InChI=1S/C30H32SeTe/c1-2-3-4-5-6-7-8-12-15-27-18-26-17-23-16-25-20-28(22-13-10-9-11-14-22)31-29(25)19-24(23)21-30(26)32-27/h9-11,13-14,16-21H,2-8,12,15H2,1H3. The van der Waals surface area contributed by atoms with Gasteiger partial charge in [0.05, 0.1) is 0 Å². The first kappa shape index (κ1) is 22.5. The number of fused-ring (bicyclic) bond motifs is 3. The molecule has 0 aliphatic rings. The summed E-state index contributed by atoms with van der Waals surface area (Å²) < 4.78 is 6.50. The summed E-state index contributed by atoms with van der Waals surface area (Å²) in [6.45, 7) is 2.30. The van der Waals surface area contributed by atoms with E-state index in [1.807, 2.05) is 0 Å². The van der Waals surface area contributed by atoms with Crippen LogP contribution < -0.4 is 0 Å². The van der Waals surface area contributed by atoms with Gasteiger partial charge in [0, 0.05) is 0 Å². The van der Waals surface area contributed by atoms with Crippen LogP contribution in [0.1, 0.15) is 61.9 Å². The molecule has 0 atom stereocenters. The maximum absolute atomic E-state index is 2.54. The quantitative estimate of drug-likeness (QED) is 0.112. The number of hydrogen-bond donors (Lipinski definition) is 0. The second-order valence-electron chi connectivity index (χ2n) is 9.04. The van der Waals surface area contributed by atoms with Crippen LogP contribution in [0.15, 0.2) is 66.7 Å². The molecule has 0 nitrogen and oxygen atoms in total. The molecule has 0 N–H and O–H groups in total. The third kappa shape index (κ3) is 5.26. The minimum absolute atomic E-state index is 0.155. The molecule has 3 aromatic carbocycles. The molecule has 0 fully saturated rings. The Morgan fingerprint density at radius 3 is 2.19 bits per heavy atom. The van der Waals surface area contributed by atoms with Crippen molar-refractivity contribution in [3.8, 4) is 10.0 Å². The Balaban J connectivity index is 1.29. The van der Waals surface area contributed by atoms with Gasteiger partial charge in [-0.2, -0.15) is 0 Å². The normalized spacial score (nSPS) is 11.8. The number of hydrogen-bond acceptors (Lipinski definition) is 0. The van der Waals surface area contributed by atoms with E-state index in [0.717, 1.165) is 0 Å². The van der Waals surface area contributed by atoms with Gasteiger partial charge in [0.25, 0.3) is 0 Å². The van der Waals surface area contributed by atoms with Crippen LogP contribution in [0.4, 0.5) is 0 Å². The molecular formula is C30H32SeTe. The van der Waals surface area contributed by atoms with E-state index in [9.17, 15) is 0 Å². The number of benzene rings is 3. The zero-order chi connectivity index (χ0) is 21.8. The van der Waals surface area contributed by atoms with Crippen molar-refractivity contribution in [3.63, 3.8) is 0 Å². The Hall–Kier alpha value is -1.29. The van der Waals surface area contributed by atoms with Crippen LogP contribution in [0.2, 0.25) is 0 Å². The Morgan fingerprint density at radius 2 is 1.38 bits per heavy atom. The molecule has 0 spiro atoms. The van der Waals surface area contributed by atoms with Gasteiger partial charge >= 0.3 is 209 Å². The predicted octanol–water partition coefficient (Wildman–Crippen LogP) is 8.61. The van der Waals surface area contributed by atoms with Crippen molar-refractivity contribution in [1.82, 2.24) is 0 Å². The number of aryl methyl sites for hydroxylation is 1. The summed E-state index contributed by atoms with van der Waals surface area (Å²) in [5, 5.41) is 5.83. The Kier molecular flexibility index (Phi) is 7.56. The molecule has 0 bridgehead atoms. The molecule has 5 rings (SSSR count). The van der Waals surface area contributed by atoms with Gasteiger partial charge in [0.2, 0.25) is 0 Å². The molecule has 0 saturated heterocycles. The van der Waals surface area contributed by atoms with Crippen LogP contribution >= 0.6 is 0 Å². The summed E-state index contributed by atoms with van der Waals surface area (Å²) >= 11 is 0.262. The topological polar surface area (TPSA) is 0 Å². The van der Waals surface area contributed by atoms with Gasteiger partial charge in [0.15, 0.2) is 0 Å². The summed E-state index contributed by atoms with van der Waals surface area (Å²) in [7, 11) is 0. The van der Waals surface area contributed by atoms with Crippen LogP contribution in [0.3, 0.4) is 0 Å².